The maximum atomic E-state index is 12.9. The van der Waals surface area contributed by atoms with Crippen molar-refractivity contribution in [2.75, 3.05) is 6.54 Å². The number of carbonyl (C=O) groups excluding carboxylic acids is 2. The Morgan fingerprint density at radius 2 is 1.46 bits per heavy atom. The normalized spacial score (nSPS) is 14.5. The van der Waals surface area contributed by atoms with E-state index in [9.17, 15) is 9.59 Å². The van der Waals surface area contributed by atoms with E-state index in [1.165, 1.54) is 16.7 Å². The standard InChI is InChI=1S/C20H17Cl2NO2S/c1-2-3-12-23-19(24)17(13-4-6-14(21)7-5-13)18(20(23)25)26-16-10-8-15(22)9-11-16/h4-11H,2-3,12H2,1H3. The van der Waals surface area contributed by atoms with E-state index >= 15 is 0 Å². The highest BCUT2D eigenvalue weighted by Gasteiger charge is 2.38. The highest BCUT2D eigenvalue weighted by molar-refractivity contribution is 8.04. The number of imide groups is 1. The van der Waals surface area contributed by atoms with Crippen LogP contribution in [-0.2, 0) is 9.59 Å². The molecule has 134 valence electrons. The molecule has 0 radical (unpaired) electrons. The smallest absolute Gasteiger partial charge is 0.268 e. The van der Waals surface area contributed by atoms with Crippen molar-refractivity contribution in [3.8, 4) is 0 Å². The Morgan fingerprint density at radius 1 is 0.885 bits per heavy atom. The van der Waals surface area contributed by atoms with Gasteiger partial charge in [-0.25, -0.2) is 0 Å². The van der Waals surface area contributed by atoms with Crippen molar-refractivity contribution >= 4 is 52.4 Å². The molecule has 26 heavy (non-hydrogen) atoms. The molecule has 0 bridgehead atoms. The first-order chi connectivity index (χ1) is 12.5. The second-order valence-electron chi connectivity index (χ2n) is 5.88. The van der Waals surface area contributed by atoms with E-state index in [-0.39, 0.29) is 11.8 Å². The first-order valence-corrected chi connectivity index (χ1v) is 9.88. The highest BCUT2D eigenvalue weighted by atomic mass is 35.5. The summed E-state index contributed by atoms with van der Waals surface area (Å²) in [5, 5.41) is 1.21. The molecular formula is C20H17Cl2NO2S. The van der Waals surface area contributed by atoms with Crippen molar-refractivity contribution in [3.63, 3.8) is 0 Å². The van der Waals surface area contributed by atoms with Gasteiger partial charge in [0.15, 0.2) is 0 Å². The summed E-state index contributed by atoms with van der Waals surface area (Å²) >= 11 is 13.2. The predicted molar refractivity (Wildman–Crippen MR) is 107 cm³/mol. The molecule has 1 aliphatic rings. The Balaban J connectivity index is 2.02. The van der Waals surface area contributed by atoms with Crippen molar-refractivity contribution in [3.05, 3.63) is 69.0 Å². The van der Waals surface area contributed by atoms with Gasteiger partial charge in [-0.05, 0) is 48.4 Å². The Hall–Kier alpha value is -1.75. The van der Waals surface area contributed by atoms with Gasteiger partial charge in [0.25, 0.3) is 11.8 Å². The van der Waals surface area contributed by atoms with Crippen LogP contribution in [0.25, 0.3) is 5.57 Å². The van der Waals surface area contributed by atoms with Crippen molar-refractivity contribution in [1.29, 1.82) is 0 Å². The minimum atomic E-state index is -0.248. The molecule has 6 heteroatoms. The maximum absolute atomic E-state index is 12.9. The molecule has 0 unspecified atom stereocenters. The SMILES string of the molecule is CCCCN1C(=O)C(Sc2ccc(Cl)cc2)=C(c2ccc(Cl)cc2)C1=O. The van der Waals surface area contributed by atoms with Crippen molar-refractivity contribution in [2.45, 2.75) is 24.7 Å². The number of hydrogen-bond acceptors (Lipinski definition) is 3. The van der Waals surface area contributed by atoms with Gasteiger partial charge >= 0.3 is 0 Å². The van der Waals surface area contributed by atoms with E-state index in [4.69, 9.17) is 23.2 Å². The lowest BCUT2D eigenvalue weighted by Crippen LogP contribution is -2.32. The minimum Gasteiger partial charge on any atom is -0.274 e. The first-order valence-electron chi connectivity index (χ1n) is 8.31. The molecule has 0 aliphatic carbocycles. The molecule has 0 N–H and O–H groups in total. The van der Waals surface area contributed by atoms with Gasteiger partial charge in [-0.2, -0.15) is 0 Å². The average Bonchev–Trinajstić information content (AvgIpc) is 2.86. The molecule has 0 fully saturated rings. The van der Waals surface area contributed by atoms with E-state index in [2.05, 4.69) is 0 Å². The van der Waals surface area contributed by atoms with Crippen LogP contribution < -0.4 is 0 Å². The predicted octanol–water partition coefficient (Wildman–Crippen LogP) is 5.67. The number of benzene rings is 2. The van der Waals surface area contributed by atoms with Crippen LogP contribution in [0.5, 0.6) is 0 Å². The first kappa shape index (κ1) is 19.0. The molecule has 0 atom stereocenters. The second kappa shape index (κ2) is 8.30. The molecule has 2 aromatic rings. The Morgan fingerprint density at radius 3 is 2.04 bits per heavy atom. The number of unbranched alkanes of at least 4 members (excludes halogenated alkanes) is 1. The number of carbonyl (C=O) groups is 2. The molecular weight excluding hydrogens is 389 g/mol. The summed E-state index contributed by atoms with van der Waals surface area (Å²) in [6.07, 6.45) is 1.69. The van der Waals surface area contributed by atoms with Crippen LogP contribution in [0.2, 0.25) is 10.0 Å². The molecule has 2 amide bonds. The lowest BCUT2D eigenvalue weighted by molar-refractivity contribution is -0.136. The van der Waals surface area contributed by atoms with Gasteiger partial charge in [0, 0.05) is 21.5 Å². The maximum Gasteiger partial charge on any atom is 0.268 e. The molecule has 3 rings (SSSR count). The van der Waals surface area contributed by atoms with Gasteiger partial charge in [0.1, 0.15) is 0 Å². The van der Waals surface area contributed by atoms with Gasteiger partial charge in [-0.3, -0.25) is 14.5 Å². The lowest BCUT2D eigenvalue weighted by atomic mass is 10.1. The highest BCUT2D eigenvalue weighted by Crippen LogP contribution is 2.40. The fourth-order valence-corrected chi connectivity index (χ4v) is 3.92. The zero-order valence-corrected chi connectivity index (χ0v) is 16.5. The number of amides is 2. The molecule has 0 saturated heterocycles. The summed E-state index contributed by atoms with van der Waals surface area (Å²) in [5.74, 6) is -0.490. The molecule has 1 heterocycles. The quantitative estimate of drug-likeness (QED) is 0.581. The summed E-state index contributed by atoms with van der Waals surface area (Å²) in [5.41, 5.74) is 1.13. The largest absolute Gasteiger partial charge is 0.274 e. The zero-order chi connectivity index (χ0) is 18.7. The van der Waals surface area contributed by atoms with Gasteiger partial charge in [-0.1, -0.05) is 60.4 Å². The second-order valence-corrected chi connectivity index (χ2v) is 7.84. The van der Waals surface area contributed by atoms with Gasteiger partial charge in [-0.15, -0.1) is 0 Å². The minimum absolute atomic E-state index is 0.242. The van der Waals surface area contributed by atoms with E-state index in [1.54, 1.807) is 36.4 Å². The summed E-state index contributed by atoms with van der Waals surface area (Å²) in [7, 11) is 0. The van der Waals surface area contributed by atoms with Crippen molar-refractivity contribution in [2.24, 2.45) is 0 Å². The van der Waals surface area contributed by atoms with Gasteiger partial charge in [0.05, 0.1) is 10.5 Å². The Bertz CT molecular complexity index is 860. The third-order valence-electron chi connectivity index (χ3n) is 4.03. The number of nitrogens with zero attached hydrogens (tertiary/aromatic N) is 1. The van der Waals surface area contributed by atoms with E-state index in [1.807, 2.05) is 19.1 Å². The van der Waals surface area contributed by atoms with Crippen LogP contribution in [0.4, 0.5) is 0 Å². The molecule has 0 spiro atoms. The van der Waals surface area contributed by atoms with Crippen molar-refractivity contribution in [1.82, 2.24) is 4.90 Å². The molecule has 3 nitrogen and oxygen atoms in total. The Labute approximate surface area is 167 Å². The number of halogens is 2. The number of rotatable bonds is 6. The third kappa shape index (κ3) is 3.98. The van der Waals surface area contributed by atoms with Crippen LogP contribution in [-0.4, -0.2) is 23.3 Å². The number of hydrogen-bond donors (Lipinski definition) is 0. The molecule has 1 aliphatic heterocycles. The lowest BCUT2D eigenvalue weighted by Gasteiger charge is -2.14. The summed E-state index contributed by atoms with van der Waals surface area (Å²) in [4.78, 5) is 28.5. The fraction of sp³-hybridized carbons (Fsp3) is 0.200. The average molecular weight is 406 g/mol. The zero-order valence-electron chi connectivity index (χ0n) is 14.2. The summed E-state index contributed by atoms with van der Waals surface area (Å²) in [6.45, 7) is 2.46. The fourth-order valence-electron chi connectivity index (χ4n) is 2.66. The van der Waals surface area contributed by atoms with E-state index in [0.717, 1.165) is 17.7 Å². The van der Waals surface area contributed by atoms with Crippen LogP contribution in [0.3, 0.4) is 0 Å². The number of thioether (sulfide) groups is 1. The summed E-state index contributed by atoms with van der Waals surface area (Å²) in [6, 6.07) is 14.2. The topological polar surface area (TPSA) is 37.4 Å². The van der Waals surface area contributed by atoms with Crippen LogP contribution >= 0.6 is 35.0 Å². The van der Waals surface area contributed by atoms with Crippen LogP contribution in [0.15, 0.2) is 58.3 Å². The molecule has 2 aromatic carbocycles. The third-order valence-corrected chi connectivity index (χ3v) is 5.62. The van der Waals surface area contributed by atoms with Crippen LogP contribution in [0, 0.1) is 0 Å². The van der Waals surface area contributed by atoms with Crippen LogP contribution in [0.1, 0.15) is 25.3 Å². The van der Waals surface area contributed by atoms with Gasteiger partial charge < -0.3 is 0 Å². The van der Waals surface area contributed by atoms with E-state index in [0.29, 0.717) is 32.6 Å². The van der Waals surface area contributed by atoms with Crippen molar-refractivity contribution < 1.29 is 9.59 Å². The Kier molecular flexibility index (Phi) is 6.07. The van der Waals surface area contributed by atoms with E-state index < -0.39 is 0 Å². The molecule has 0 aromatic heterocycles. The molecule has 0 saturated carbocycles. The van der Waals surface area contributed by atoms with Gasteiger partial charge in [0.2, 0.25) is 0 Å². The summed E-state index contributed by atoms with van der Waals surface area (Å²) < 4.78 is 0. The monoisotopic (exact) mass is 405 g/mol.